The molecule has 0 saturated carbocycles. The van der Waals surface area contributed by atoms with Crippen LogP contribution in [0.4, 0.5) is 4.39 Å². The number of benzene rings is 1. The number of para-hydroxylation sites is 1. The van der Waals surface area contributed by atoms with E-state index in [0.717, 1.165) is 0 Å². The van der Waals surface area contributed by atoms with Gasteiger partial charge in [0, 0.05) is 0 Å². The Bertz CT molecular complexity index is 315. The molecule has 0 amide bonds. The van der Waals surface area contributed by atoms with Crippen LogP contribution < -0.4 is 4.74 Å². The number of aliphatic hydroxyl groups excluding tert-OH is 1. The monoisotopic (exact) mass is 228 g/mol. The maximum absolute atomic E-state index is 13.1. The van der Waals surface area contributed by atoms with Crippen LogP contribution >= 0.6 is 0 Å². The minimum absolute atomic E-state index is 0.0215. The standard InChI is InChI=1S/C12H17FO3/c1-9(2)15-7-10(14)8-16-12-6-4-3-5-11(12)13/h3-6,9-10,14H,7-8H2,1-2H3. The van der Waals surface area contributed by atoms with E-state index in [0.29, 0.717) is 0 Å². The van der Waals surface area contributed by atoms with Gasteiger partial charge in [0.05, 0.1) is 12.7 Å². The van der Waals surface area contributed by atoms with E-state index in [-0.39, 0.29) is 25.1 Å². The molecular formula is C12H17FO3. The van der Waals surface area contributed by atoms with Crippen LogP contribution in [-0.2, 0) is 4.74 Å². The summed E-state index contributed by atoms with van der Waals surface area (Å²) in [7, 11) is 0. The van der Waals surface area contributed by atoms with Gasteiger partial charge in [0.1, 0.15) is 12.7 Å². The minimum atomic E-state index is -0.748. The lowest BCUT2D eigenvalue weighted by Crippen LogP contribution is -2.25. The summed E-state index contributed by atoms with van der Waals surface area (Å²) in [6.07, 6.45) is -0.690. The number of aliphatic hydroxyl groups is 1. The van der Waals surface area contributed by atoms with Gasteiger partial charge >= 0.3 is 0 Å². The Labute approximate surface area is 94.8 Å². The van der Waals surface area contributed by atoms with Crippen molar-refractivity contribution >= 4 is 0 Å². The first-order valence-corrected chi connectivity index (χ1v) is 5.26. The first-order chi connectivity index (χ1) is 7.59. The van der Waals surface area contributed by atoms with Crippen LogP contribution in [0.1, 0.15) is 13.8 Å². The normalized spacial score (nSPS) is 12.8. The molecule has 1 aromatic rings. The highest BCUT2D eigenvalue weighted by atomic mass is 19.1. The van der Waals surface area contributed by atoms with Crippen LogP contribution in [0.5, 0.6) is 5.75 Å². The van der Waals surface area contributed by atoms with E-state index in [1.54, 1.807) is 12.1 Å². The van der Waals surface area contributed by atoms with Crippen molar-refractivity contribution in [2.45, 2.75) is 26.1 Å². The van der Waals surface area contributed by atoms with E-state index >= 15 is 0 Å². The van der Waals surface area contributed by atoms with Crippen LogP contribution in [0.3, 0.4) is 0 Å². The first kappa shape index (κ1) is 12.9. The van der Waals surface area contributed by atoms with Gasteiger partial charge in [-0.05, 0) is 26.0 Å². The van der Waals surface area contributed by atoms with Crippen molar-refractivity contribution in [3.05, 3.63) is 30.1 Å². The largest absolute Gasteiger partial charge is 0.488 e. The first-order valence-electron chi connectivity index (χ1n) is 5.26. The van der Waals surface area contributed by atoms with Gasteiger partial charge in [0.2, 0.25) is 0 Å². The quantitative estimate of drug-likeness (QED) is 0.809. The van der Waals surface area contributed by atoms with E-state index in [9.17, 15) is 9.50 Å². The average Bonchev–Trinajstić information content (AvgIpc) is 2.25. The smallest absolute Gasteiger partial charge is 0.165 e. The molecule has 0 saturated heterocycles. The molecule has 0 bridgehead atoms. The Kier molecular flexibility index (Phi) is 5.22. The molecule has 1 rings (SSSR count). The third-order valence-electron chi connectivity index (χ3n) is 1.89. The maximum atomic E-state index is 13.1. The molecule has 0 fully saturated rings. The molecular weight excluding hydrogens is 211 g/mol. The number of hydrogen-bond donors (Lipinski definition) is 1. The van der Waals surface area contributed by atoms with E-state index < -0.39 is 11.9 Å². The van der Waals surface area contributed by atoms with Gasteiger partial charge in [-0.2, -0.15) is 0 Å². The Morgan fingerprint density at radius 3 is 2.56 bits per heavy atom. The second-order valence-electron chi connectivity index (χ2n) is 3.78. The van der Waals surface area contributed by atoms with E-state index in [1.165, 1.54) is 12.1 Å². The fourth-order valence-electron chi connectivity index (χ4n) is 1.10. The second kappa shape index (κ2) is 6.45. The van der Waals surface area contributed by atoms with Gasteiger partial charge in [-0.25, -0.2) is 4.39 Å². The van der Waals surface area contributed by atoms with Gasteiger partial charge in [-0.1, -0.05) is 12.1 Å². The summed E-state index contributed by atoms with van der Waals surface area (Å²) in [6, 6.07) is 6.09. The van der Waals surface area contributed by atoms with Crippen LogP contribution in [0.15, 0.2) is 24.3 Å². The molecule has 4 heteroatoms. The number of rotatable bonds is 6. The molecule has 1 unspecified atom stereocenters. The summed E-state index contributed by atoms with van der Waals surface area (Å²) in [5, 5.41) is 9.48. The fraction of sp³-hybridized carbons (Fsp3) is 0.500. The summed E-state index contributed by atoms with van der Waals surface area (Å²) in [5.41, 5.74) is 0. The van der Waals surface area contributed by atoms with Crippen molar-refractivity contribution in [1.29, 1.82) is 0 Å². The van der Waals surface area contributed by atoms with Crippen molar-refractivity contribution in [2.24, 2.45) is 0 Å². The number of halogens is 1. The van der Waals surface area contributed by atoms with Crippen LogP contribution in [0, 0.1) is 5.82 Å². The van der Waals surface area contributed by atoms with Gasteiger partial charge in [0.15, 0.2) is 11.6 Å². The molecule has 0 aliphatic rings. The molecule has 1 aromatic carbocycles. The van der Waals surface area contributed by atoms with Crippen molar-refractivity contribution in [2.75, 3.05) is 13.2 Å². The predicted molar refractivity (Wildman–Crippen MR) is 59.0 cm³/mol. The highest BCUT2D eigenvalue weighted by molar-refractivity contribution is 5.23. The van der Waals surface area contributed by atoms with Crippen LogP contribution in [0.2, 0.25) is 0 Å². The van der Waals surface area contributed by atoms with Crippen molar-refractivity contribution in [3.63, 3.8) is 0 Å². The summed E-state index contributed by atoms with van der Waals surface area (Å²) >= 11 is 0. The molecule has 0 aliphatic carbocycles. The Hall–Kier alpha value is -1.13. The summed E-state index contributed by atoms with van der Waals surface area (Å²) < 4.78 is 23.4. The van der Waals surface area contributed by atoms with Crippen LogP contribution in [-0.4, -0.2) is 30.5 Å². The van der Waals surface area contributed by atoms with Gasteiger partial charge in [0.25, 0.3) is 0 Å². The summed E-state index contributed by atoms with van der Waals surface area (Å²) in [6.45, 7) is 3.97. The lowest BCUT2D eigenvalue weighted by molar-refractivity contribution is -0.0127. The second-order valence-corrected chi connectivity index (χ2v) is 3.78. The van der Waals surface area contributed by atoms with E-state index in [2.05, 4.69) is 0 Å². The molecule has 90 valence electrons. The maximum Gasteiger partial charge on any atom is 0.165 e. The zero-order valence-electron chi connectivity index (χ0n) is 9.52. The van der Waals surface area contributed by atoms with Crippen molar-refractivity contribution < 1.29 is 19.0 Å². The predicted octanol–water partition coefficient (Wildman–Crippen LogP) is 1.99. The SMILES string of the molecule is CC(C)OCC(O)COc1ccccc1F. The molecule has 0 heterocycles. The third kappa shape index (κ3) is 4.59. The number of hydrogen-bond acceptors (Lipinski definition) is 3. The summed E-state index contributed by atoms with van der Waals surface area (Å²) in [5.74, 6) is -0.287. The molecule has 0 aromatic heterocycles. The van der Waals surface area contributed by atoms with Crippen molar-refractivity contribution in [1.82, 2.24) is 0 Å². The zero-order chi connectivity index (χ0) is 12.0. The molecule has 1 atom stereocenters. The molecule has 1 N–H and O–H groups in total. The molecule has 0 radical (unpaired) electrons. The van der Waals surface area contributed by atoms with Gasteiger partial charge < -0.3 is 14.6 Å². The zero-order valence-corrected chi connectivity index (χ0v) is 9.52. The molecule has 16 heavy (non-hydrogen) atoms. The van der Waals surface area contributed by atoms with E-state index in [4.69, 9.17) is 9.47 Å². The van der Waals surface area contributed by atoms with Crippen molar-refractivity contribution in [3.8, 4) is 5.75 Å². The third-order valence-corrected chi connectivity index (χ3v) is 1.89. The van der Waals surface area contributed by atoms with E-state index in [1.807, 2.05) is 13.8 Å². The number of ether oxygens (including phenoxy) is 2. The topological polar surface area (TPSA) is 38.7 Å². The Balaban J connectivity index is 2.31. The fourth-order valence-corrected chi connectivity index (χ4v) is 1.10. The molecule has 3 nitrogen and oxygen atoms in total. The Morgan fingerprint density at radius 1 is 1.25 bits per heavy atom. The molecule has 0 aliphatic heterocycles. The average molecular weight is 228 g/mol. The lowest BCUT2D eigenvalue weighted by Gasteiger charge is -2.14. The van der Waals surface area contributed by atoms with Gasteiger partial charge in [-0.15, -0.1) is 0 Å². The highest BCUT2D eigenvalue weighted by Crippen LogP contribution is 2.15. The Morgan fingerprint density at radius 2 is 1.94 bits per heavy atom. The summed E-state index contributed by atoms with van der Waals surface area (Å²) in [4.78, 5) is 0. The van der Waals surface area contributed by atoms with Crippen LogP contribution in [0.25, 0.3) is 0 Å². The highest BCUT2D eigenvalue weighted by Gasteiger charge is 2.08. The lowest BCUT2D eigenvalue weighted by atomic mass is 10.3. The minimum Gasteiger partial charge on any atom is -0.488 e. The van der Waals surface area contributed by atoms with Gasteiger partial charge in [-0.3, -0.25) is 0 Å². The molecule has 0 spiro atoms.